The molecule has 0 radical (unpaired) electrons. The average Bonchev–Trinajstić information content (AvgIpc) is 3.07. The molecule has 1 unspecified atom stereocenters. The topological polar surface area (TPSA) is 104 Å². The van der Waals surface area contributed by atoms with Crippen LogP contribution in [0.4, 0.5) is 0 Å². The van der Waals surface area contributed by atoms with E-state index in [1.54, 1.807) is 6.07 Å². The van der Waals surface area contributed by atoms with Gasteiger partial charge in [0.1, 0.15) is 10.7 Å². The highest BCUT2D eigenvalue weighted by Gasteiger charge is 2.24. The van der Waals surface area contributed by atoms with E-state index in [1.165, 1.54) is 12.1 Å². The first-order valence-electron chi connectivity index (χ1n) is 8.86. The van der Waals surface area contributed by atoms with Gasteiger partial charge in [0.15, 0.2) is 0 Å². The number of nitrogens with one attached hydrogen (secondary N) is 3. The van der Waals surface area contributed by atoms with Crippen LogP contribution in [0.1, 0.15) is 25.7 Å². The predicted molar refractivity (Wildman–Crippen MR) is 116 cm³/mol. The summed E-state index contributed by atoms with van der Waals surface area (Å²) in [5.74, 6) is 0.186. The molecule has 0 bridgehead atoms. The van der Waals surface area contributed by atoms with Crippen LogP contribution in [0.5, 0.6) is 0 Å². The Bertz CT molecular complexity index is 1110. The Morgan fingerprint density at radius 3 is 2.62 bits per heavy atom. The molecule has 10 heteroatoms. The molecule has 1 aromatic heterocycles. The van der Waals surface area contributed by atoms with Gasteiger partial charge in [-0.1, -0.05) is 53.5 Å². The van der Waals surface area contributed by atoms with Crippen LogP contribution in [-0.2, 0) is 14.8 Å². The summed E-state index contributed by atoms with van der Waals surface area (Å²) in [5, 5.41) is 2.91. The number of H-pyrrole nitrogens is 1. The highest BCUT2D eigenvalue weighted by Crippen LogP contribution is 2.25. The lowest BCUT2D eigenvalue weighted by Gasteiger charge is -2.20. The number of fused-ring (bicyclic) bond motifs is 1. The minimum Gasteiger partial charge on any atom is -0.345 e. The summed E-state index contributed by atoms with van der Waals surface area (Å²) in [6.07, 6.45) is 0. The fraction of sp³-hybridized carbons (Fsp3) is 0.263. The largest absolute Gasteiger partial charge is 0.345 e. The number of imidazole rings is 1. The van der Waals surface area contributed by atoms with Crippen molar-refractivity contribution in [2.24, 2.45) is 5.92 Å². The normalized spacial score (nSPS) is 13.0. The lowest BCUT2D eigenvalue weighted by Crippen LogP contribution is -2.40. The van der Waals surface area contributed by atoms with Crippen LogP contribution in [0.3, 0.4) is 0 Å². The number of halogens is 2. The minimum atomic E-state index is -3.93. The monoisotopic (exact) mass is 498 g/mol. The van der Waals surface area contributed by atoms with Crippen molar-refractivity contribution in [2.45, 2.75) is 24.8 Å². The van der Waals surface area contributed by atoms with Crippen LogP contribution >= 0.6 is 27.5 Å². The van der Waals surface area contributed by atoms with Gasteiger partial charge in [-0.05, 0) is 36.2 Å². The summed E-state index contributed by atoms with van der Waals surface area (Å²) < 4.78 is 27.9. The second kappa shape index (κ2) is 8.83. The summed E-state index contributed by atoms with van der Waals surface area (Å²) in [6.45, 7) is 3.48. The summed E-state index contributed by atoms with van der Waals surface area (Å²) in [6, 6.07) is 11.6. The Hall–Kier alpha value is -1.94. The molecule has 0 aliphatic heterocycles. The second-order valence-corrected chi connectivity index (χ2v) is 9.89. The molecule has 3 aromatic rings. The number of aromatic nitrogens is 2. The smallest absolute Gasteiger partial charge is 0.242 e. The van der Waals surface area contributed by atoms with E-state index in [1.807, 2.05) is 38.1 Å². The molecule has 0 spiro atoms. The molecule has 1 amide bonds. The molecule has 0 aliphatic carbocycles. The van der Waals surface area contributed by atoms with Crippen molar-refractivity contribution in [1.82, 2.24) is 20.0 Å². The van der Waals surface area contributed by atoms with E-state index in [-0.39, 0.29) is 15.8 Å². The zero-order valence-electron chi connectivity index (χ0n) is 15.7. The Labute approximate surface area is 182 Å². The van der Waals surface area contributed by atoms with Crippen LogP contribution in [-0.4, -0.2) is 30.8 Å². The Balaban J connectivity index is 1.70. The standard InChI is InChI=1S/C19H20BrClN4O3S/c1-11(2)18(19-23-14-5-3-4-6-15(14)24-19)25-17(26)10-22-29(27,28)16-8-7-12(20)9-13(16)21/h3-9,11,18,22H,10H2,1-2H3,(H,23,24)(H,25,26). The van der Waals surface area contributed by atoms with Gasteiger partial charge in [-0.2, -0.15) is 0 Å². The van der Waals surface area contributed by atoms with Gasteiger partial charge in [-0.3, -0.25) is 4.79 Å². The number of rotatable bonds is 7. The summed E-state index contributed by atoms with van der Waals surface area (Å²) in [7, 11) is -3.93. The van der Waals surface area contributed by atoms with E-state index in [4.69, 9.17) is 11.6 Å². The van der Waals surface area contributed by atoms with Crippen LogP contribution < -0.4 is 10.0 Å². The molecular weight excluding hydrogens is 480 g/mol. The third-order valence-electron chi connectivity index (χ3n) is 4.29. The van der Waals surface area contributed by atoms with Crippen molar-refractivity contribution >= 4 is 54.5 Å². The van der Waals surface area contributed by atoms with Crippen molar-refractivity contribution in [1.29, 1.82) is 0 Å². The second-order valence-electron chi connectivity index (χ2n) is 6.83. The summed E-state index contributed by atoms with van der Waals surface area (Å²) in [5.41, 5.74) is 1.67. The number of hydrogen-bond donors (Lipinski definition) is 3. The van der Waals surface area contributed by atoms with E-state index < -0.39 is 28.5 Å². The average molecular weight is 500 g/mol. The highest BCUT2D eigenvalue weighted by atomic mass is 79.9. The molecule has 0 fully saturated rings. The molecule has 29 heavy (non-hydrogen) atoms. The van der Waals surface area contributed by atoms with E-state index >= 15 is 0 Å². The number of hydrogen-bond acceptors (Lipinski definition) is 4. The molecule has 0 saturated heterocycles. The van der Waals surface area contributed by atoms with Crippen molar-refractivity contribution < 1.29 is 13.2 Å². The molecule has 154 valence electrons. The molecule has 2 aromatic carbocycles. The van der Waals surface area contributed by atoms with Gasteiger partial charge in [-0.15, -0.1) is 0 Å². The molecule has 3 N–H and O–H groups in total. The van der Waals surface area contributed by atoms with Crippen LogP contribution in [0.15, 0.2) is 51.8 Å². The Kier molecular flexibility index (Phi) is 6.62. The molecular formula is C19H20BrClN4O3S. The lowest BCUT2D eigenvalue weighted by molar-refractivity contribution is -0.121. The van der Waals surface area contributed by atoms with E-state index in [0.29, 0.717) is 10.3 Å². The number of para-hydroxylation sites is 2. The first kappa shape index (κ1) is 21.8. The van der Waals surface area contributed by atoms with E-state index in [0.717, 1.165) is 11.0 Å². The zero-order chi connectivity index (χ0) is 21.2. The van der Waals surface area contributed by atoms with Gasteiger partial charge >= 0.3 is 0 Å². The van der Waals surface area contributed by atoms with Gasteiger partial charge in [0.2, 0.25) is 15.9 Å². The first-order valence-corrected chi connectivity index (χ1v) is 11.5. The van der Waals surface area contributed by atoms with E-state index in [2.05, 4.69) is 35.9 Å². The lowest BCUT2D eigenvalue weighted by atomic mass is 10.0. The van der Waals surface area contributed by atoms with Gasteiger partial charge in [0.25, 0.3) is 0 Å². The molecule has 3 rings (SSSR count). The van der Waals surface area contributed by atoms with Crippen molar-refractivity contribution in [3.05, 3.63) is 57.8 Å². The maximum absolute atomic E-state index is 12.5. The third-order valence-corrected chi connectivity index (χ3v) is 6.67. The highest BCUT2D eigenvalue weighted by molar-refractivity contribution is 9.10. The van der Waals surface area contributed by atoms with Crippen LogP contribution in [0, 0.1) is 5.92 Å². The number of carbonyl (C=O) groups is 1. The summed E-state index contributed by atoms with van der Waals surface area (Å²) >= 11 is 9.24. The number of amides is 1. The zero-order valence-corrected chi connectivity index (χ0v) is 18.9. The fourth-order valence-corrected chi connectivity index (χ4v) is 4.84. The predicted octanol–water partition coefficient (Wildman–Crippen LogP) is 3.77. The van der Waals surface area contributed by atoms with Gasteiger partial charge in [0.05, 0.1) is 28.6 Å². The Morgan fingerprint density at radius 2 is 1.97 bits per heavy atom. The first-order chi connectivity index (χ1) is 13.7. The van der Waals surface area contributed by atoms with E-state index in [9.17, 15) is 13.2 Å². The summed E-state index contributed by atoms with van der Waals surface area (Å²) in [4.78, 5) is 20.1. The molecule has 0 saturated carbocycles. The molecule has 1 atom stereocenters. The molecule has 7 nitrogen and oxygen atoms in total. The van der Waals surface area contributed by atoms with Gasteiger partial charge in [0, 0.05) is 4.47 Å². The van der Waals surface area contributed by atoms with Gasteiger partial charge in [-0.25, -0.2) is 18.1 Å². The van der Waals surface area contributed by atoms with Crippen LogP contribution in [0.25, 0.3) is 11.0 Å². The van der Waals surface area contributed by atoms with Crippen LogP contribution in [0.2, 0.25) is 5.02 Å². The Morgan fingerprint density at radius 1 is 1.24 bits per heavy atom. The third kappa shape index (κ3) is 5.16. The SMILES string of the molecule is CC(C)C(NC(=O)CNS(=O)(=O)c1ccc(Br)cc1Cl)c1nc2ccccc2[nH]1. The van der Waals surface area contributed by atoms with Crippen molar-refractivity contribution in [2.75, 3.05) is 6.54 Å². The maximum atomic E-state index is 12.5. The number of sulfonamides is 1. The quantitative estimate of drug-likeness (QED) is 0.460. The number of nitrogens with zero attached hydrogens (tertiary/aromatic N) is 1. The number of carbonyl (C=O) groups excluding carboxylic acids is 1. The molecule has 0 aliphatic rings. The number of benzene rings is 2. The minimum absolute atomic E-state index is 0.0389. The number of aromatic amines is 1. The molecule has 1 heterocycles. The van der Waals surface area contributed by atoms with Gasteiger partial charge < -0.3 is 10.3 Å². The maximum Gasteiger partial charge on any atom is 0.242 e. The fourth-order valence-electron chi connectivity index (χ4n) is 2.83. The van der Waals surface area contributed by atoms with Crippen molar-refractivity contribution in [3.8, 4) is 0 Å². The van der Waals surface area contributed by atoms with Crippen molar-refractivity contribution in [3.63, 3.8) is 0 Å².